The van der Waals surface area contributed by atoms with Crippen LogP contribution in [0.15, 0.2) is 146 Å². The molecule has 5 aromatic carbocycles. The van der Waals surface area contributed by atoms with Crippen LogP contribution in [0, 0.1) is 0 Å². The normalized spacial score (nSPS) is 11.3. The molecular weight excluding hydrogens is 528 g/mol. The summed E-state index contributed by atoms with van der Waals surface area (Å²) in [6, 6.07) is 47.1. The van der Waals surface area contributed by atoms with E-state index < -0.39 is 0 Å². The van der Waals surface area contributed by atoms with Crippen LogP contribution < -0.4 is 0 Å². The maximum Gasteiger partial charge on any atom is 0.164 e. The number of hydrogen-bond donors (Lipinski definition) is 0. The Balaban J connectivity index is 1.28. The molecule has 0 N–H and O–H groups in total. The van der Waals surface area contributed by atoms with Crippen molar-refractivity contribution in [3.05, 3.63) is 146 Å². The number of hydrogen-bond acceptors (Lipinski definition) is 5. The predicted octanol–water partition coefficient (Wildman–Crippen LogP) is 8.40. The first kappa shape index (κ1) is 24.8. The van der Waals surface area contributed by atoms with Gasteiger partial charge in [0.25, 0.3) is 0 Å². The van der Waals surface area contributed by atoms with E-state index in [9.17, 15) is 0 Å². The Morgan fingerprint density at radius 3 is 1.37 bits per heavy atom. The zero-order chi connectivity index (χ0) is 28.6. The van der Waals surface area contributed by atoms with Crippen molar-refractivity contribution in [1.82, 2.24) is 29.3 Å². The number of nitrogens with zero attached hydrogens (tertiary/aromatic N) is 6. The molecule has 6 nitrogen and oxygen atoms in total. The molecule has 8 aromatic rings. The molecule has 0 aliphatic heterocycles. The van der Waals surface area contributed by atoms with Crippen molar-refractivity contribution in [3.8, 4) is 56.8 Å². The first-order valence-corrected chi connectivity index (χ1v) is 14.1. The van der Waals surface area contributed by atoms with Gasteiger partial charge in [-0.15, -0.1) is 0 Å². The monoisotopic (exact) mass is 552 g/mol. The zero-order valence-corrected chi connectivity index (χ0v) is 23.0. The average molecular weight is 553 g/mol. The van der Waals surface area contributed by atoms with Crippen molar-refractivity contribution in [3.63, 3.8) is 0 Å². The number of aromatic nitrogens is 6. The molecule has 8 rings (SSSR count). The van der Waals surface area contributed by atoms with E-state index in [1.165, 1.54) is 0 Å². The summed E-state index contributed by atoms with van der Waals surface area (Å²) in [5.41, 5.74) is 6.80. The fourth-order valence-electron chi connectivity index (χ4n) is 5.55. The van der Waals surface area contributed by atoms with E-state index in [-0.39, 0.29) is 0 Å². The molecule has 0 radical (unpaired) electrons. The SMILES string of the molecule is c1ccc(-c2nc(-c3ccccc3)nc(-c3ccc(-c4ncnc5c6ccccc6c(-c6ccccc6)n45)cc3)n2)cc1. The van der Waals surface area contributed by atoms with Gasteiger partial charge in [-0.2, -0.15) is 0 Å². The summed E-state index contributed by atoms with van der Waals surface area (Å²) in [5, 5.41) is 2.23. The largest absolute Gasteiger partial charge is 0.277 e. The number of benzene rings is 5. The Kier molecular flexibility index (Phi) is 6.01. The first-order chi connectivity index (χ1) is 21.3. The molecule has 0 bridgehead atoms. The van der Waals surface area contributed by atoms with Crippen LogP contribution in [0.2, 0.25) is 0 Å². The molecule has 0 saturated heterocycles. The van der Waals surface area contributed by atoms with Crippen LogP contribution in [0.25, 0.3) is 73.2 Å². The van der Waals surface area contributed by atoms with Gasteiger partial charge in [0.1, 0.15) is 17.8 Å². The molecule has 0 aliphatic rings. The summed E-state index contributed by atoms with van der Waals surface area (Å²) in [7, 11) is 0. The zero-order valence-electron chi connectivity index (χ0n) is 23.0. The standard InChI is InChI=1S/C37H24N6/c1-4-12-25(13-5-1)32-30-18-10-11-19-31(30)37-39-24-38-36(43(32)37)29-22-20-28(21-23-29)35-41-33(26-14-6-2-7-15-26)40-34(42-35)27-16-8-3-9-17-27/h1-24H. The summed E-state index contributed by atoms with van der Waals surface area (Å²) in [4.78, 5) is 24.1. The smallest absolute Gasteiger partial charge is 0.164 e. The molecule has 0 fully saturated rings. The third-order valence-corrected chi connectivity index (χ3v) is 7.58. The van der Waals surface area contributed by atoms with E-state index in [2.05, 4.69) is 65.1 Å². The lowest BCUT2D eigenvalue weighted by molar-refractivity contribution is 1.04. The van der Waals surface area contributed by atoms with Gasteiger partial charge in [0.2, 0.25) is 0 Å². The molecular formula is C37H24N6. The number of rotatable bonds is 5. The Labute approximate surface area is 248 Å². The van der Waals surface area contributed by atoms with E-state index in [0.717, 1.165) is 55.8 Å². The highest BCUT2D eigenvalue weighted by Gasteiger charge is 2.19. The van der Waals surface area contributed by atoms with Gasteiger partial charge >= 0.3 is 0 Å². The molecule has 0 saturated carbocycles. The number of fused-ring (bicyclic) bond motifs is 3. The second-order valence-electron chi connectivity index (χ2n) is 10.2. The molecule has 3 heterocycles. The minimum Gasteiger partial charge on any atom is -0.277 e. The van der Waals surface area contributed by atoms with Gasteiger partial charge in [0.15, 0.2) is 17.5 Å². The van der Waals surface area contributed by atoms with Crippen LogP contribution in [0.5, 0.6) is 0 Å². The van der Waals surface area contributed by atoms with Gasteiger partial charge in [-0.3, -0.25) is 4.40 Å². The molecule has 6 heteroatoms. The lowest BCUT2D eigenvalue weighted by Crippen LogP contribution is -2.01. The summed E-state index contributed by atoms with van der Waals surface area (Å²) in [6.45, 7) is 0. The fraction of sp³-hybridized carbons (Fsp3) is 0. The molecule has 0 aliphatic carbocycles. The van der Waals surface area contributed by atoms with Gasteiger partial charge in [-0.25, -0.2) is 24.9 Å². The highest BCUT2D eigenvalue weighted by atomic mass is 15.1. The third-order valence-electron chi connectivity index (χ3n) is 7.58. The minimum absolute atomic E-state index is 0.615. The molecule has 3 aromatic heterocycles. The summed E-state index contributed by atoms with van der Waals surface area (Å²) in [6.07, 6.45) is 1.64. The van der Waals surface area contributed by atoms with Gasteiger partial charge < -0.3 is 0 Å². The van der Waals surface area contributed by atoms with Gasteiger partial charge in [-0.1, -0.05) is 140 Å². The molecule has 202 valence electrons. The van der Waals surface area contributed by atoms with E-state index in [0.29, 0.717) is 17.5 Å². The van der Waals surface area contributed by atoms with Gasteiger partial charge in [-0.05, 0) is 5.56 Å². The molecule has 0 unspecified atom stereocenters. The van der Waals surface area contributed by atoms with Crippen LogP contribution in [0.1, 0.15) is 0 Å². The minimum atomic E-state index is 0.615. The highest BCUT2D eigenvalue weighted by Crippen LogP contribution is 2.36. The van der Waals surface area contributed by atoms with Crippen molar-refractivity contribution in [2.24, 2.45) is 0 Å². The second kappa shape index (κ2) is 10.4. The molecule has 0 amide bonds. The fourth-order valence-corrected chi connectivity index (χ4v) is 5.55. The molecule has 0 spiro atoms. The maximum absolute atomic E-state index is 4.88. The molecule has 43 heavy (non-hydrogen) atoms. The highest BCUT2D eigenvalue weighted by molar-refractivity contribution is 6.06. The lowest BCUT2D eigenvalue weighted by atomic mass is 10.1. The van der Waals surface area contributed by atoms with Crippen LogP contribution >= 0.6 is 0 Å². The van der Waals surface area contributed by atoms with Crippen molar-refractivity contribution >= 4 is 16.4 Å². The first-order valence-electron chi connectivity index (χ1n) is 14.1. The Morgan fingerprint density at radius 2 is 0.814 bits per heavy atom. The summed E-state index contributed by atoms with van der Waals surface area (Å²) < 4.78 is 2.17. The van der Waals surface area contributed by atoms with Crippen LogP contribution in [-0.2, 0) is 0 Å². The average Bonchev–Trinajstić information content (AvgIpc) is 3.44. The van der Waals surface area contributed by atoms with Gasteiger partial charge in [0, 0.05) is 33.0 Å². The quantitative estimate of drug-likeness (QED) is 0.214. The Morgan fingerprint density at radius 1 is 0.372 bits per heavy atom. The van der Waals surface area contributed by atoms with E-state index in [1.54, 1.807) is 6.33 Å². The predicted molar refractivity (Wildman–Crippen MR) is 171 cm³/mol. The van der Waals surface area contributed by atoms with Crippen molar-refractivity contribution in [2.75, 3.05) is 0 Å². The van der Waals surface area contributed by atoms with E-state index in [1.807, 2.05) is 78.9 Å². The van der Waals surface area contributed by atoms with E-state index in [4.69, 9.17) is 24.9 Å². The van der Waals surface area contributed by atoms with Gasteiger partial charge in [0.05, 0.1) is 5.69 Å². The Hall–Kier alpha value is -6.01. The van der Waals surface area contributed by atoms with Crippen molar-refractivity contribution in [2.45, 2.75) is 0 Å². The van der Waals surface area contributed by atoms with Crippen LogP contribution in [0.3, 0.4) is 0 Å². The topological polar surface area (TPSA) is 68.9 Å². The van der Waals surface area contributed by atoms with Crippen molar-refractivity contribution < 1.29 is 0 Å². The maximum atomic E-state index is 4.88. The lowest BCUT2D eigenvalue weighted by Gasteiger charge is -2.11. The summed E-state index contributed by atoms with van der Waals surface area (Å²) in [5.74, 6) is 2.70. The second-order valence-corrected chi connectivity index (χ2v) is 10.2. The van der Waals surface area contributed by atoms with Crippen LogP contribution in [-0.4, -0.2) is 29.3 Å². The third kappa shape index (κ3) is 4.42. The van der Waals surface area contributed by atoms with Crippen molar-refractivity contribution in [1.29, 1.82) is 0 Å². The Bertz CT molecular complexity index is 2150. The molecule has 0 atom stereocenters. The summed E-state index contributed by atoms with van der Waals surface area (Å²) >= 11 is 0. The van der Waals surface area contributed by atoms with E-state index >= 15 is 0 Å². The van der Waals surface area contributed by atoms with Crippen LogP contribution in [0.4, 0.5) is 0 Å².